The highest BCUT2D eigenvalue weighted by atomic mass is 16.5. The molecule has 2 N–H and O–H groups in total. The number of esters is 1. The fourth-order valence-corrected chi connectivity index (χ4v) is 2.99. The summed E-state index contributed by atoms with van der Waals surface area (Å²) in [4.78, 5) is 49.5. The molecular weight excluding hydrogens is 436 g/mol. The van der Waals surface area contributed by atoms with Crippen LogP contribution < -0.4 is 10.2 Å². The van der Waals surface area contributed by atoms with Crippen LogP contribution in [0.2, 0.25) is 0 Å². The fraction of sp³-hybridized carbons (Fsp3) is 0.0769. The molecule has 8 nitrogen and oxygen atoms in total. The van der Waals surface area contributed by atoms with E-state index in [1.807, 2.05) is 36.4 Å². The number of para-hydroxylation sites is 2. The van der Waals surface area contributed by atoms with Crippen LogP contribution in [0, 0.1) is 0 Å². The largest absolute Gasteiger partial charge is 0.478 e. The molecule has 0 saturated heterocycles. The summed E-state index contributed by atoms with van der Waals surface area (Å²) in [6.45, 7) is 0.833. The van der Waals surface area contributed by atoms with Crippen LogP contribution in [0.3, 0.4) is 0 Å². The number of rotatable bonds is 8. The molecule has 0 spiro atoms. The molecule has 0 fully saturated rings. The Hall–Kier alpha value is -4.72. The SMILES string of the molecule is CC(=CC(=O)Nc1ccc(C(=O)OCC(=O)N(c2ccccc2)c2ccccc2)cc1)C(=O)O. The Kier molecular flexibility index (Phi) is 7.91. The average Bonchev–Trinajstić information content (AvgIpc) is 2.84. The zero-order chi connectivity index (χ0) is 24.5. The predicted molar refractivity (Wildman–Crippen MR) is 127 cm³/mol. The summed E-state index contributed by atoms with van der Waals surface area (Å²) in [6.07, 6.45) is 0.960. The highest BCUT2D eigenvalue weighted by molar-refractivity contribution is 6.05. The van der Waals surface area contributed by atoms with Crippen molar-refractivity contribution in [2.75, 3.05) is 16.8 Å². The summed E-state index contributed by atoms with van der Waals surface area (Å²) in [5.41, 5.74) is 1.73. The van der Waals surface area contributed by atoms with Crippen molar-refractivity contribution in [2.24, 2.45) is 0 Å². The third kappa shape index (κ3) is 6.39. The van der Waals surface area contributed by atoms with Gasteiger partial charge in [0.15, 0.2) is 6.61 Å². The second-order valence-electron chi connectivity index (χ2n) is 7.18. The van der Waals surface area contributed by atoms with Crippen LogP contribution in [-0.4, -0.2) is 35.5 Å². The van der Waals surface area contributed by atoms with Gasteiger partial charge in [-0.2, -0.15) is 0 Å². The molecule has 3 aromatic rings. The minimum atomic E-state index is -1.19. The molecule has 0 aliphatic carbocycles. The van der Waals surface area contributed by atoms with E-state index in [9.17, 15) is 19.2 Å². The molecule has 3 rings (SSSR count). The number of anilines is 3. The summed E-state index contributed by atoms with van der Waals surface area (Å²) < 4.78 is 5.22. The Morgan fingerprint density at radius 3 is 1.88 bits per heavy atom. The number of hydrogen-bond acceptors (Lipinski definition) is 5. The topological polar surface area (TPSA) is 113 Å². The standard InChI is InChI=1S/C26H22N2O6/c1-18(25(31)32)16-23(29)27-20-14-12-19(13-15-20)26(33)34-17-24(30)28(21-8-4-2-5-9-21)22-10-6-3-7-11-22/h2-16H,17H2,1H3,(H,27,29)(H,31,32). The molecule has 2 amide bonds. The van der Waals surface area contributed by atoms with Crippen LogP contribution in [0.15, 0.2) is 96.6 Å². The molecule has 0 unspecified atom stereocenters. The maximum absolute atomic E-state index is 12.9. The lowest BCUT2D eigenvalue weighted by Gasteiger charge is -2.22. The molecule has 0 aliphatic heterocycles. The van der Waals surface area contributed by atoms with Gasteiger partial charge in [0.2, 0.25) is 5.91 Å². The summed E-state index contributed by atoms with van der Waals surface area (Å²) in [5, 5.41) is 11.3. The maximum Gasteiger partial charge on any atom is 0.338 e. The van der Waals surface area contributed by atoms with Gasteiger partial charge in [0.05, 0.1) is 5.56 Å². The van der Waals surface area contributed by atoms with Gasteiger partial charge in [-0.3, -0.25) is 14.5 Å². The van der Waals surface area contributed by atoms with Crippen molar-refractivity contribution < 1.29 is 29.0 Å². The molecule has 0 radical (unpaired) electrons. The molecule has 0 saturated carbocycles. The Bertz CT molecular complexity index is 1170. The van der Waals surface area contributed by atoms with Gasteiger partial charge in [0, 0.05) is 28.7 Å². The Morgan fingerprint density at radius 2 is 1.38 bits per heavy atom. The minimum Gasteiger partial charge on any atom is -0.478 e. The van der Waals surface area contributed by atoms with Gasteiger partial charge < -0.3 is 15.2 Å². The monoisotopic (exact) mass is 458 g/mol. The van der Waals surface area contributed by atoms with E-state index in [0.29, 0.717) is 17.1 Å². The van der Waals surface area contributed by atoms with Crippen LogP contribution in [0.25, 0.3) is 0 Å². The van der Waals surface area contributed by atoms with Crippen LogP contribution in [0.4, 0.5) is 17.1 Å². The predicted octanol–water partition coefficient (Wildman–Crippen LogP) is 4.18. The first-order chi connectivity index (χ1) is 16.3. The molecular formula is C26H22N2O6. The molecule has 0 heterocycles. The van der Waals surface area contributed by atoms with E-state index in [2.05, 4.69) is 5.32 Å². The average molecular weight is 458 g/mol. The zero-order valence-electron chi connectivity index (χ0n) is 18.3. The number of nitrogens with zero attached hydrogens (tertiary/aromatic N) is 1. The van der Waals surface area contributed by atoms with Crippen molar-refractivity contribution in [2.45, 2.75) is 6.92 Å². The van der Waals surface area contributed by atoms with Gasteiger partial charge in [0.1, 0.15) is 0 Å². The fourth-order valence-electron chi connectivity index (χ4n) is 2.99. The second-order valence-corrected chi connectivity index (χ2v) is 7.18. The van der Waals surface area contributed by atoms with E-state index in [0.717, 1.165) is 6.08 Å². The number of carboxylic acids is 1. The van der Waals surface area contributed by atoms with Gasteiger partial charge in [0.25, 0.3) is 5.91 Å². The van der Waals surface area contributed by atoms with Crippen molar-refractivity contribution in [3.8, 4) is 0 Å². The Labute approximate surface area is 196 Å². The number of hydrogen-bond donors (Lipinski definition) is 2. The molecule has 0 bridgehead atoms. The third-order valence-electron chi connectivity index (χ3n) is 4.68. The van der Waals surface area contributed by atoms with Gasteiger partial charge in [-0.15, -0.1) is 0 Å². The number of carbonyl (C=O) groups excluding carboxylic acids is 3. The van der Waals surface area contributed by atoms with Gasteiger partial charge in [-0.1, -0.05) is 36.4 Å². The number of carbonyl (C=O) groups is 4. The van der Waals surface area contributed by atoms with E-state index in [1.54, 1.807) is 24.3 Å². The molecule has 0 aliphatic rings. The van der Waals surface area contributed by atoms with Crippen LogP contribution in [-0.2, 0) is 19.1 Å². The number of amides is 2. The molecule has 0 atom stereocenters. The number of aliphatic carboxylic acids is 1. The molecule has 3 aromatic carbocycles. The first-order valence-corrected chi connectivity index (χ1v) is 10.3. The summed E-state index contributed by atoms with van der Waals surface area (Å²) >= 11 is 0. The number of nitrogens with one attached hydrogen (secondary N) is 1. The molecule has 172 valence electrons. The van der Waals surface area contributed by atoms with Crippen LogP contribution in [0.1, 0.15) is 17.3 Å². The van der Waals surface area contributed by atoms with Gasteiger partial charge in [-0.05, 0) is 55.5 Å². The zero-order valence-corrected chi connectivity index (χ0v) is 18.3. The molecule has 0 aromatic heterocycles. The summed E-state index contributed by atoms with van der Waals surface area (Å²) in [7, 11) is 0. The molecule has 34 heavy (non-hydrogen) atoms. The molecule has 8 heteroatoms. The highest BCUT2D eigenvalue weighted by Gasteiger charge is 2.20. The van der Waals surface area contributed by atoms with Gasteiger partial charge in [-0.25, -0.2) is 9.59 Å². The summed E-state index contributed by atoms with van der Waals surface area (Å²) in [5.74, 6) is -2.92. The summed E-state index contributed by atoms with van der Waals surface area (Å²) in [6, 6.07) is 23.9. The quantitative estimate of drug-likeness (QED) is 0.387. The lowest BCUT2D eigenvalue weighted by Crippen LogP contribution is -2.30. The lowest BCUT2D eigenvalue weighted by atomic mass is 10.2. The van der Waals surface area contributed by atoms with Gasteiger partial charge >= 0.3 is 11.9 Å². The van der Waals surface area contributed by atoms with E-state index < -0.39 is 30.4 Å². The van der Waals surface area contributed by atoms with Crippen molar-refractivity contribution >= 4 is 40.8 Å². The number of carboxylic acid groups (broad SMARTS) is 1. The second kappa shape index (κ2) is 11.2. The van der Waals surface area contributed by atoms with Crippen LogP contribution >= 0.6 is 0 Å². The van der Waals surface area contributed by atoms with E-state index >= 15 is 0 Å². The number of benzene rings is 3. The Balaban J connectivity index is 1.64. The number of ether oxygens (including phenoxy) is 1. The van der Waals surface area contributed by atoms with E-state index in [4.69, 9.17) is 9.84 Å². The van der Waals surface area contributed by atoms with Crippen molar-refractivity contribution in [1.82, 2.24) is 0 Å². The van der Waals surface area contributed by atoms with Crippen molar-refractivity contribution in [3.63, 3.8) is 0 Å². The smallest absolute Gasteiger partial charge is 0.338 e. The maximum atomic E-state index is 12.9. The van der Waals surface area contributed by atoms with Crippen molar-refractivity contribution in [1.29, 1.82) is 0 Å². The van der Waals surface area contributed by atoms with E-state index in [-0.39, 0.29) is 11.1 Å². The first-order valence-electron chi connectivity index (χ1n) is 10.3. The highest BCUT2D eigenvalue weighted by Crippen LogP contribution is 2.25. The van der Waals surface area contributed by atoms with Crippen LogP contribution in [0.5, 0.6) is 0 Å². The lowest BCUT2D eigenvalue weighted by molar-refractivity contribution is -0.132. The minimum absolute atomic E-state index is 0.109. The van der Waals surface area contributed by atoms with Crippen molar-refractivity contribution in [3.05, 3.63) is 102 Å². The Morgan fingerprint density at radius 1 is 0.853 bits per heavy atom. The third-order valence-corrected chi connectivity index (χ3v) is 4.68. The normalized spacial score (nSPS) is 10.8. The first kappa shape index (κ1) is 23.9. The van der Waals surface area contributed by atoms with E-state index in [1.165, 1.54) is 36.1 Å².